The zero-order valence-corrected chi connectivity index (χ0v) is 27.0. The summed E-state index contributed by atoms with van der Waals surface area (Å²) in [4.78, 5) is 35.9. The Hall–Kier alpha value is -5.34. The molecule has 0 spiro atoms. The molecule has 0 saturated carbocycles. The Labute approximate surface area is 283 Å². The van der Waals surface area contributed by atoms with Crippen LogP contribution >= 0.6 is 0 Å². The first kappa shape index (κ1) is 36.0. The maximum absolute atomic E-state index is 15.5. The highest BCUT2D eigenvalue weighted by Crippen LogP contribution is 2.36. The van der Waals surface area contributed by atoms with E-state index in [-0.39, 0.29) is 46.9 Å². The molecule has 2 saturated heterocycles. The van der Waals surface area contributed by atoms with Crippen molar-refractivity contribution < 1.29 is 50.5 Å². The number of hydrogen-bond acceptors (Lipinski definition) is 7. The van der Waals surface area contributed by atoms with Crippen molar-refractivity contribution in [1.29, 1.82) is 0 Å². The SMILES string of the molecule is CO/C=C/C(F)=C(\C=C\c1cnc(N2CC(F)(F)C2)nc1CN1C(=O)OC(C2=CC(C(F)(F)F)=CC=CC2)C1C)c1ccc(C(=O)O)cc1C. The average molecular weight is 703 g/mol. The first-order valence-electron chi connectivity index (χ1n) is 15.3. The van der Waals surface area contributed by atoms with E-state index in [1.165, 1.54) is 65.6 Å². The van der Waals surface area contributed by atoms with E-state index in [0.717, 1.165) is 24.5 Å². The minimum atomic E-state index is -4.62. The van der Waals surface area contributed by atoms with Gasteiger partial charge in [0, 0.05) is 23.4 Å². The van der Waals surface area contributed by atoms with Gasteiger partial charge in [-0.3, -0.25) is 4.90 Å². The van der Waals surface area contributed by atoms with Gasteiger partial charge in [0.1, 0.15) is 11.9 Å². The molecule has 2 aromatic rings. The van der Waals surface area contributed by atoms with E-state index in [0.29, 0.717) is 11.1 Å². The highest BCUT2D eigenvalue weighted by Gasteiger charge is 2.46. The van der Waals surface area contributed by atoms with Crippen LogP contribution in [0.25, 0.3) is 11.6 Å². The number of hydrogen-bond donors (Lipinski definition) is 1. The van der Waals surface area contributed by atoms with Crippen LogP contribution in [0.3, 0.4) is 0 Å². The topological polar surface area (TPSA) is 105 Å². The fourth-order valence-corrected chi connectivity index (χ4v) is 5.69. The first-order chi connectivity index (χ1) is 23.6. The number of amides is 1. The molecule has 9 nitrogen and oxygen atoms in total. The maximum Gasteiger partial charge on any atom is 0.416 e. The minimum Gasteiger partial charge on any atom is -0.504 e. The molecule has 264 valence electrons. The van der Waals surface area contributed by atoms with Crippen molar-refractivity contribution in [3.63, 3.8) is 0 Å². The van der Waals surface area contributed by atoms with Crippen LogP contribution in [0.2, 0.25) is 0 Å². The third kappa shape index (κ3) is 7.92. The number of aromatic carboxylic acids is 1. The summed E-state index contributed by atoms with van der Waals surface area (Å²) < 4.78 is 94.1. The molecule has 1 amide bonds. The number of aromatic nitrogens is 2. The number of aryl methyl sites for hydroxylation is 1. The van der Waals surface area contributed by atoms with Gasteiger partial charge >= 0.3 is 18.2 Å². The number of benzene rings is 1. The highest BCUT2D eigenvalue weighted by atomic mass is 19.4. The van der Waals surface area contributed by atoms with Crippen LogP contribution in [0.15, 0.2) is 84.1 Å². The van der Waals surface area contributed by atoms with E-state index in [1.54, 1.807) is 13.8 Å². The highest BCUT2D eigenvalue weighted by molar-refractivity contribution is 5.90. The quantitative estimate of drug-likeness (QED) is 0.154. The van der Waals surface area contributed by atoms with Crippen molar-refractivity contribution in [3.8, 4) is 0 Å². The molecule has 1 N–H and O–H groups in total. The normalized spacial score (nSPS) is 21.1. The van der Waals surface area contributed by atoms with Gasteiger partial charge in [-0.1, -0.05) is 36.4 Å². The van der Waals surface area contributed by atoms with Crippen molar-refractivity contribution >= 4 is 29.7 Å². The molecule has 0 radical (unpaired) electrons. The maximum atomic E-state index is 15.5. The lowest BCUT2D eigenvalue weighted by molar-refractivity contribution is -0.0883. The lowest BCUT2D eigenvalue weighted by Crippen LogP contribution is -2.57. The molecule has 1 aromatic carbocycles. The number of rotatable bonds is 10. The van der Waals surface area contributed by atoms with Gasteiger partial charge in [0.2, 0.25) is 5.95 Å². The standard InChI is InChI=1S/C35H32F6N4O5/c1-20-14-23(31(46)47)8-10-26(20)27(28(36)12-13-49-3)11-9-24-16-42-32(44-18-34(37,38)19-44)43-29(24)17-45-21(2)30(50-33(45)48)22-6-4-5-7-25(15-22)35(39,40)41/h4-5,7-16,21,30H,6,17-19H2,1-3H3,(H,46,47)/b11-9+,13-12+,28-27-. The van der Waals surface area contributed by atoms with Crippen LogP contribution < -0.4 is 4.90 Å². The van der Waals surface area contributed by atoms with Gasteiger partial charge in [0.05, 0.1) is 55.9 Å². The molecule has 2 aliphatic heterocycles. The number of nitrogens with zero attached hydrogens (tertiary/aromatic N) is 4. The number of allylic oxidation sites excluding steroid dienone is 9. The second-order valence-corrected chi connectivity index (χ2v) is 11.9. The molecule has 1 aliphatic carbocycles. The number of ether oxygens (including phenoxy) is 2. The third-order valence-electron chi connectivity index (χ3n) is 8.33. The number of anilines is 1. The van der Waals surface area contributed by atoms with Crippen molar-refractivity contribution in [2.24, 2.45) is 0 Å². The molecule has 2 atom stereocenters. The van der Waals surface area contributed by atoms with Gasteiger partial charge in [-0.2, -0.15) is 13.2 Å². The fraction of sp³-hybridized carbons (Fsp3) is 0.314. The Morgan fingerprint density at radius 1 is 1.22 bits per heavy atom. The smallest absolute Gasteiger partial charge is 0.416 e. The second kappa shape index (κ2) is 14.3. The van der Waals surface area contributed by atoms with Crippen LogP contribution in [0, 0.1) is 6.92 Å². The van der Waals surface area contributed by atoms with Gasteiger partial charge in [-0.25, -0.2) is 32.7 Å². The second-order valence-electron chi connectivity index (χ2n) is 11.9. The number of alkyl halides is 5. The van der Waals surface area contributed by atoms with Crippen LogP contribution in [0.1, 0.15) is 46.1 Å². The molecule has 5 rings (SSSR count). The minimum absolute atomic E-state index is 0.00326. The van der Waals surface area contributed by atoms with E-state index in [1.807, 2.05) is 0 Å². The van der Waals surface area contributed by atoms with Crippen LogP contribution in [0.5, 0.6) is 0 Å². The van der Waals surface area contributed by atoms with Crippen molar-refractivity contribution in [2.45, 2.75) is 51.1 Å². The van der Waals surface area contributed by atoms with E-state index in [9.17, 15) is 36.6 Å². The lowest BCUT2D eigenvalue weighted by atomic mass is 9.96. The van der Waals surface area contributed by atoms with Gasteiger partial charge < -0.3 is 19.5 Å². The number of carbonyl (C=O) groups is 2. The van der Waals surface area contributed by atoms with Crippen LogP contribution in [-0.2, 0) is 16.0 Å². The molecular weight excluding hydrogens is 670 g/mol. The molecule has 2 unspecified atom stereocenters. The summed E-state index contributed by atoms with van der Waals surface area (Å²) in [6.07, 6.45) is 4.67. The number of halogens is 6. The van der Waals surface area contributed by atoms with E-state index in [2.05, 4.69) is 9.97 Å². The number of cyclic esters (lactones) is 1. The Morgan fingerprint density at radius 3 is 2.60 bits per heavy atom. The monoisotopic (exact) mass is 702 g/mol. The molecule has 0 bridgehead atoms. The Bertz CT molecular complexity index is 1860. The zero-order valence-electron chi connectivity index (χ0n) is 27.0. The first-order valence-corrected chi connectivity index (χ1v) is 15.3. The van der Waals surface area contributed by atoms with Gasteiger partial charge in [0.25, 0.3) is 5.92 Å². The molecular formula is C35H32F6N4O5. The van der Waals surface area contributed by atoms with Crippen molar-refractivity contribution in [1.82, 2.24) is 14.9 Å². The largest absolute Gasteiger partial charge is 0.504 e. The summed E-state index contributed by atoms with van der Waals surface area (Å²) in [6.45, 7) is 1.71. The molecule has 1 aromatic heterocycles. The Morgan fingerprint density at radius 2 is 1.96 bits per heavy atom. The average Bonchev–Trinajstić information content (AvgIpc) is 3.19. The molecule has 3 heterocycles. The third-order valence-corrected chi connectivity index (χ3v) is 8.33. The van der Waals surface area contributed by atoms with E-state index >= 15 is 4.39 Å². The summed E-state index contributed by atoms with van der Waals surface area (Å²) in [5.41, 5.74) is 0.594. The number of carbonyl (C=O) groups excluding carboxylic acids is 1. The van der Waals surface area contributed by atoms with Crippen molar-refractivity contribution in [2.75, 3.05) is 25.1 Å². The van der Waals surface area contributed by atoms with Gasteiger partial charge in [0.15, 0.2) is 0 Å². The van der Waals surface area contributed by atoms with Gasteiger partial charge in [-0.15, -0.1) is 0 Å². The predicted octanol–water partition coefficient (Wildman–Crippen LogP) is 7.58. The Balaban J connectivity index is 1.51. The molecule has 15 heteroatoms. The molecule has 2 fully saturated rings. The zero-order chi connectivity index (χ0) is 36.4. The number of carboxylic acids is 1. The van der Waals surface area contributed by atoms with Gasteiger partial charge in [-0.05, 0) is 55.2 Å². The lowest BCUT2D eigenvalue weighted by Gasteiger charge is -2.38. The van der Waals surface area contributed by atoms with Crippen LogP contribution in [-0.4, -0.2) is 76.5 Å². The Kier molecular flexibility index (Phi) is 10.2. The summed E-state index contributed by atoms with van der Waals surface area (Å²) in [5.74, 6) is -4.88. The summed E-state index contributed by atoms with van der Waals surface area (Å²) >= 11 is 0. The van der Waals surface area contributed by atoms with E-state index in [4.69, 9.17) is 9.47 Å². The summed E-state index contributed by atoms with van der Waals surface area (Å²) in [7, 11) is 1.33. The molecule has 50 heavy (non-hydrogen) atoms. The van der Waals surface area contributed by atoms with E-state index < -0.39 is 60.8 Å². The van der Waals surface area contributed by atoms with Crippen LogP contribution in [0.4, 0.5) is 37.1 Å². The number of methoxy groups -OCH3 is 1. The van der Waals surface area contributed by atoms with Crippen molar-refractivity contribution in [3.05, 3.63) is 112 Å². The summed E-state index contributed by atoms with van der Waals surface area (Å²) in [6, 6.07) is 3.39. The summed E-state index contributed by atoms with van der Waals surface area (Å²) in [5, 5.41) is 9.38. The predicted molar refractivity (Wildman–Crippen MR) is 172 cm³/mol. The fourth-order valence-electron chi connectivity index (χ4n) is 5.69. The molecule has 3 aliphatic rings. The number of carboxylic acid groups (broad SMARTS) is 1.